The third-order valence-electron chi connectivity index (χ3n) is 4.75. The van der Waals surface area contributed by atoms with Gasteiger partial charge in [-0.15, -0.1) is 0 Å². The molecule has 1 aliphatic heterocycles. The molecule has 21 heavy (non-hydrogen) atoms. The number of nitrogens with one attached hydrogen (secondary N) is 1. The van der Waals surface area contributed by atoms with Gasteiger partial charge in [0.25, 0.3) is 5.69 Å². The number of nitrogens with zero attached hydrogens (tertiary/aromatic N) is 2. The molecule has 0 radical (unpaired) electrons. The molecule has 1 spiro atoms. The largest absolute Gasteiger partial charge is 0.358 e. The summed E-state index contributed by atoms with van der Waals surface area (Å²) < 4.78 is 0. The van der Waals surface area contributed by atoms with E-state index in [1.807, 2.05) is 0 Å². The minimum absolute atomic E-state index is 0.00590. The Labute approximate surface area is 129 Å². The molecule has 1 aromatic carbocycles. The van der Waals surface area contributed by atoms with Crippen LogP contribution >= 0.6 is 11.6 Å². The molecule has 6 heteroatoms. The summed E-state index contributed by atoms with van der Waals surface area (Å²) in [6.45, 7) is 2.54. The second-order valence-electron chi connectivity index (χ2n) is 6.00. The Morgan fingerprint density at radius 3 is 2.76 bits per heavy atom. The number of hydrogen-bond donors (Lipinski definition) is 1. The maximum absolute atomic E-state index is 11.4. The molecule has 1 aliphatic carbocycles. The smallest absolute Gasteiger partial charge is 0.292 e. The molecule has 5 nitrogen and oxygen atoms in total. The Morgan fingerprint density at radius 2 is 2.05 bits per heavy atom. The summed E-state index contributed by atoms with van der Waals surface area (Å²) in [4.78, 5) is 13.3. The first-order valence-corrected chi connectivity index (χ1v) is 7.92. The highest BCUT2D eigenvalue weighted by molar-refractivity contribution is 6.31. The van der Waals surface area contributed by atoms with E-state index in [1.54, 1.807) is 12.1 Å². The van der Waals surface area contributed by atoms with Crippen LogP contribution < -0.4 is 10.2 Å². The molecule has 1 N–H and O–H groups in total. The van der Waals surface area contributed by atoms with Crippen molar-refractivity contribution in [2.75, 3.05) is 24.5 Å². The number of nitro groups is 1. The predicted octanol–water partition coefficient (Wildman–Crippen LogP) is 3.36. The normalized spacial score (nSPS) is 21.5. The quantitative estimate of drug-likeness (QED) is 0.672. The monoisotopic (exact) mass is 309 g/mol. The average molecular weight is 310 g/mol. The first-order valence-electron chi connectivity index (χ1n) is 7.55. The number of halogens is 1. The van der Waals surface area contributed by atoms with E-state index in [4.69, 9.17) is 11.6 Å². The van der Waals surface area contributed by atoms with Crippen molar-refractivity contribution < 1.29 is 4.92 Å². The molecule has 0 bridgehead atoms. The van der Waals surface area contributed by atoms with Crippen molar-refractivity contribution in [3.8, 4) is 0 Å². The van der Waals surface area contributed by atoms with Gasteiger partial charge in [-0.3, -0.25) is 10.1 Å². The zero-order valence-electron chi connectivity index (χ0n) is 12.0. The van der Waals surface area contributed by atoms with Gasteiger partial charge in [-0.2, -0.15) is 0 Å². The van der Waals surface area contributed by atoms with E-state index in [2.05, 4.69) is 10.2 Å². The van der Waals surface area contributed by atoms with Gasteiger partial charge in [0.2, 0.25) is 0 Å². The summed E-state index contributed by atoms with van der Waals surface area (Å²) in [6.07, 6.45) is 5.81. The average Bonchev–Trinajstić information content (AvgIpc) is 2.48. The standard InChI is InChI=1S/C15H20ClN3O2/c16-12-4-5-13(19(20)21)14(10-12)18-9-8-17-11-15(18)6-2-1-3-7-15/h4-5,10,17H,1-3,6-9,11H2. The van der Waals surface area contributed by atoms with Gasteiger partial charge in [-0.25, -0.2) is 0 Å². The fourth-order valence-electron chi connectivity index (χ4n) is 3.74. The lowest BCUT2D eigenvalue weighted by molar-refractivity contribution is -0.384. The van der Waals surface area contributed by atoms with Crippen molar-refractivity contribution in [1.29, 1.82) is 0 Å². The minimum atomic E-state index is -0.301. The van der Waals surface area contributed by atoms with Gasteiger partial charge in [-0.1, -0.05) is 30.9 Å². The molecule has 3 rings (SSSR count). The molecule has 1 saturated carbocycles. The van der Waals surface area contributed by atoms with Gasteiger partial charge in [0.05, 0.1) is 10.5 Å². The lowest BCUT2D eigenvalue weighted by atomic mass is 9.78. The summed E-state index contributed by atoms with van der Waals surface area (Å²) >= 11 is 6.10. The Hall–Kier alpha value is -1.33. The summed E-state index contributed by atoms with van der Waals surface area (Å²) in [5.41, 5.74) is 0.841. The van der Waals surface area contributed by atoms with Crippen molar-refractivity contribution in [1.82, 2.24) is 5.32 Å². The van der Waals surface area contributed by atoms with Crippen molar-refractivity contribution >= 4 is 23.0 Å². The lowest BCUT2D eigenvalue weighted by Crippen LogP contribution is -2.62. The summed E-state index contributed by atoms with van der Waals surface area (Å²) in [5, 5.41) is 15.4. The van der Waals surface area contributed by atoms with E-state index in [-0.39, 0.29) is 16.1 Å². The van der Waals surface area contributed by atoms with Crippen LogP contribution in [0, 0.1) is 10.1 Å². The molecule has 0 atom stereocenters. The van der Waals surface area contributed by atoms with Crippen LogP contribution in [0.15, 0.2) is 18.2 Å². The predicted molar refractivity (Wildman–Crippen MR) is 84.1 cm³/mol. The molecule has 114 valence electrons. The van der Waals surface area contributed by atoms with Crippen LogP contribution in [-0.2, 0) is 0 Å². The van der Waals surface area contributed by atoms with E-state index in [0.29, 0.717) is 10.7 Å². The second kappa shape index (κ2) is 5.81. The lowest BCUT2D eigenvalue weighted by Gasteiger charge is -2.50. The SMILES string of the molecule is O=[N+]([O-])c1ccc(Cl)cc1N1CCNCC12CCCCC2. The highest BCUT2D eigenvalue weighted by Gasteiger charge is 2.41. The zero-order valence-corrected chi connectivity index (χ0v) is 12.7. The molecule has 2 aliphatic rings. The summed E-state index contributed by atoms with van der Waals surface area (Å²) in [6, 6.07) is 4.87. The highest BCUT2D eigenvalue weighted by Crippen LogP contribution is 2.41. The molecular weight excluding hydrogens is 290 g/mol. The van der Waals surface area contributed by atoms with Gasteiger partial charge >= 0.3 is 0 Å². The summed E-state index contributed by atoms with van der Waals surface area (Å²) in [5.74, 6) is 0. The van der Waals surface area contributed by atoms with Crippen molar-refractivity contribution in [3.63, 3.8) is 0 Å². The molecule has 0 unspecified atom stereocenters. The Morgan fingerprint density at radius 1 is 1.29 bits per heavy atom. The third kappa shape index (κ3) is 2.72. The van der Waals surface area contributed by atoms with Crippen molar-refractivity contribution in [2.45, 2.75) is 37.6 Å². The highest BCUT2D eigenvalue weighted by atomic mass is 35.5. The molecule has 0 aromatic heterocycles. The second-order valence-corrected chi connectivity index (χ2v) is 6.44. The summed E-state index contributed by atoms with van der Waals surface area (Å²) in [7, 11) is 0. The van der Waals surface area contributed by atoms with Crippen LogP contribution in [0.2, 0.25) is 5.02 Å². The van der Waals surface area contributed by atoms with Crippen LogP contribution in [0.1, 0.15) is 32.1 Å². The van der Waals surface area contributed by atoms with E-state index >= 15 is 0 Å². The topological polar surface area (TPSA) is 58.4 Å². The molecule has 0 amide bonds. The maximum Gasteiger partial charge on any atom is 0.292 e. The number of anilines is 1. The molecular formula is C15H20ClN3O2. The Kier molecular flexibility index (Phi) is 4.04. The first kappa shape index (κ1) is 14.6. The van der Waals surface area contributed by atoms with Gasteiger partial charge in [0.1, 0.15) is 5.69 Å². The Balaban J connectivity index is 2.04. The number of nitro benzene ring substituents is 1. The van der Waals surface area contributed by atoms with E-state index < -0.39 is 0 Å². The van der Waals surface area contributed by atoms with Gasteiger partial charge < -0.3 is 10.2 Å². The minimum Gasteiger partial charge on any atom is -0.358 e. The third-order valence-corrected chi connectivity index (χ3v) is 4.98. The van der Waals surface area contributed by atoms with Gasteiger partial charge in [0, 0.05) is 30.7 Å². The fraction of sp³-hybridized carbons (Fsp3) is 0.600. The number of rotatable bonds is 2. The van der Waals surface area contributed by atoms with Gasteiger partial charge in [0.15, 0.2) is 0 Å². The van der Waals surface area contributed by atoms with E-state index in [1.165, 1.54) is 25.3 Å². The van der Waals surface area contributed by atoms with E-state index in [9.17, 15) is 10.1 Å². The first-order chi connectivity index (χ1) is 10.1. The van der Waals surface area contributed by atoms with E-state index in [0.717, 1.165) is 32.5 Å². The molecule has 2 fully saturated rings. The molecule has 1 aromatic rings. The van der Waals surface area contributed by atoms with Crippen LogP contribution in [0.25, 0.3) is 0 Å². The van der Waals surface area contributed by atoms with Crippen LogP contribution in [0.4, 0.5) is 11.4 Å². The maximum atomic E-state index is 11.4. The van der Waals surface area contributed by atoms with Crippen LogP contribution in [0.5, 0.6) is 0 Å². The van der Waals surface area contributed by atoms with Crippen LogP contribution in [0.3, 0.4) is 0 Å². The van der Waals surface area contributed by atoms with Crippen LogP contribution in [-0.4, -0.2) is 30.1 Å². The zero-order chi connectivity index (χ0) is 14.9. The number of piperazine rings is 1. The number of benzene rings is 1. The Bertz CT molecular complexity index is 535. The molecule has 1 heterocycles. The molecule has 1 saturated heterocycles. The van der Waals surface area contributed by atoms with Crippen molar-refractivity contribution in [2.24, 2.45) is 0 Å². The van der Waals surface area contributed by atoms with Crippen molar-refractivity contribution in [3.05, 3.63) is 33.3 Å². The fourth-order valence-corrected chi connectivity index (χ4v) is 3.91. The van der Waals surface area contributed by atoms with Gasteiger partial charge in [-0.05, 0) is 25.0 Å². The number of hydrogen-bond acceptors (Lipinski definition) is 4.